The molecular formula is C20H18N6O2. The molecule has 2 aromatic heterocycles. The van der Waals surface area contributed by atoms with Crippen molar-refractivity contribution in [2.24, 2.45) is 0 Å². The zero-order valence-corrected chi connectivity index (χ0v) is 15.2. The van der Waals surface area contributed by atoms with Crippen LogP contribution in [0.4, 0.5) is 11.4 Å². The fourth-order valence-electron chi connectivity index (χ4n) is 3.51. The number of nitrogens with two attached hydrogens (primary N) is 1. The third-order valence-corrected chi connectivity index (χ3v) is 4.84. The van der Waals surface area contributed by atoms with E-state index in [2.05, 4.69) is 21.4 Å². The lowest BCUT2D eigenvalue weighted by atomic mass is 10.0. The average molecular weight is 374 g/mol. The molecule has 0 amide bonds. The summed E-state index contributed by atoms with van der Waals surface area (Å²) in [7, 11) is 1.57. The van der Waals surface area contributed by atoms with Crippen LogP contribution in [-0.2, 0) is 6.42 Å². The monoisotopic (exact) mass is 374 g/mol. The Morgan fingerprint density at radius 1 is 1.43 bits per heavy atom. The number of oxazole rings is 1. The summed E-state index contributed by atoms with van der Waals surface area (Å²) in [5.74, 6) is 0.951. The molecule has 0 fully saturated rings. The fourth-order valence-corrected chi connectivity index (χ4v) is 3.51. The number of ether oxygens (including phenoxy) is 1. The van der Waals surface area contributed by atoms with Crippen LogP contribution in [0.25, 0.3) is 0 Å². The van der Waals surface area contributed by atoms with Gasteiger partial charge in [0, 0.05) is 28.7 Å². The number of nitrogens with zero attached hydrogens (tertiary/aromatic N) is 3. The van der Waals surface area contributed by atoms with Gasteiger partial charge in [0.15, 0.2) is 12.2 Å². The second-order valence-corrected chi connectivity index (χ2v) is 6.46. The van der Waals surface area contributed by atoms with Crippen LogP contribution >= 0.6 is 0 Å². The van der Waals surface area contributed by atoms with Crippen LogP contribution in [0.2, 0.25) is 0 Å². The molecule has 0 saturated carbocycles. The molecule has 1 aromatic carbocycles. The Kier molecular flexibility index (Phi) is 4.41. The number of fused-ring (bicyclic) bond motifs is 1. The number of nitriles is 1. The highest BCUT2D eigenvalue weighted by molar-refractivity contribution is 6.12. The van der Waals surface area contributed by atoms with Crippen LogP contribution in [-0.4, -0.2) is 22.8 Å². The van der Waals surface area contributed by atoms with E-state index >= 15 is 0 Å². The molecule has 1 atom stereocenters. The van der Waals surface area contributed by atoms with Gasteiger partial charge in [0.2, 0.25) is 0 Å². The Morgan fingerprint density at radius 2 is 2.29 bits per heavy atom. The van der Waals surface area contributed by atoms with Crippen LogP contribution in [0.5, 0.6) is 5.75 Å². The number of hydrogen-bond donors (Lipinski definition) is 3. The summed E-state index contributed by atoms with van der Waals surface area (Å²) in [4.78, 5) is 8.33. The van der Waals surface area contributed by atoms with Gasteiger partial charge < -0.3 is 20.2 Å². The van der Waals surface area contributed by atoms with Crippen molar-refractivity contribution >= 4 is 17.1 Å². The number of nitrogens with one attached hydrogen (secondary N) is 2. The van der Waals surface area contributed by atoms with E-state index in [1.54, 1.807) is 19.4 Å². The van der Waals surface area contributed by atoms with Gasteiger partial charge in [0.05, 0.1) is 25.0 Å². The van der Waals surface area contributed by atoms with Crippen molar-refractivity contribution in [2.75, 3.05) is 18.2 Å². The normalized spacial score (nSPS) is 14.9. The summed E-state index contributed by atoms with van der Waals surface area (Å²) in [6.07, 6.45) is 5.91. The van der Waals surface area contributed by atoms with Crippen LogP contribution in [0.1, 0.15) is 40.6 Å². The highest BCUT2D eigenvalue weighted by Gasteiger charge is 2.28. The maximum absolute atomic E-state index is 9.24. The van der Waals surface area contributed by atoms with Crippen molar-refractivity contribution < 1.29 is 9.15 Å². The predicted octanol–water partition coefficient (Wildman–Crippen LogP) is 3.05. The molecular weight excluding hydrogens is 356 g/mol. The molecule has 8 nitrogen and oxygen atoms in total. The molecule has 4 N–H and O–H groups in total. The molecule has 140 valence electrons. The molecule has 0 radical (unpaired) electrons. The van der Waals surface area contributed by atoms with Gasteiger partial charge in [-0.3, -0.25) is 10.4 Å². The lowest BCUT2D eigenvalue weighted by Gasteiger charge is -2.17. The Hall–Kier alpha value is -3.86. The van der Waals surface area contributed by atoms with E-state index in [4.69, 9.17) is 20.3 Å². The van der Waals surface area contributed by atoms with Gasteiger partial charge in [-0.25, -0.2) is 4.98 Å². The van der Waals surface area contributed by atoms with Gasteiger partial charge in [-0.1, -0.05) is 0 Å². The van der Waals surface area contributed by atoms with Crippen LogP contribution in [0, 0.1) is 16.7 Å². The van der Waals surface area contributed by atoms with E-state index in [9.17, 15) is 5.26 Å². The smallest absolute Gasteiger partial charge is 0.181 e. The van der Waals surface area contributed by atoms with Gasteiger partial charge in [-0.15, -0.1) is 0 Å². The molecule has 8 heteroatoms. The molecule has 2 heterocycles. The number of benzene rings is 1. The van der Waals surface area contributed by atoms with Gasteiger partial charge in [-0.2, -0.15) is 5.26 Å². The fraction of sp³-hybridized carbons (Fsp3) is 0.200. The lowest BCUT2D eigenvalue weighted by molar-refractivity contribution is 0.408. The van der Waals surface area contributed by atoms with Crippen LogP contribution in [0.15, 0.2) is 41.4 Å². The van der Waals surface area contributed by atoms with Crippen molar-refractivity contribution in [3.8, 4) is 11.8 Å². The summed E-state index contributed by atoms with van der Waals surface area (Å²) in [5, 5.41) is 21.0. The SMILES string of the molecule is COc1c(C#N)cnc2c1CCC2Nc1ccc(N)c(C(=N)c2cnco2)c1. The summed E-state index contributed by atoms with van der Waals surface area (Å²) >= 11 is 0. The zero-order chi connectivity index (χ0) is 19.7. The van der Waals surface area contributed by atoms with E-state index < -0.39 is 0 Å². The Bertz CT molecular complexity index is 1080. The third-order valence-electron chi connectivity index (χ3n) is 4.84. The number of pyridine rings is 1. The third kappa shape index (κ3) is 2.93. The summed E-state index contributed by atoms with van der Waals surface area (Å²) in [6, 6.07) is 7.54. The highest BCUT2D eigenvalue weighted by Crippen LogP contribution is 2.39. The summed E-state index contributed by atoms with van der Waals surface area (Å²) in [5.41, 5.74) is 10.4. The Morgan fingerprint density at radius 3 is 3.00 bits per heavy atom. The molecule has 0 bridgehead atoms. The first kappa shape index (κ1) is 17.5. The highest BCUT2D eigenvalue weighted by atomic mass is 16.5. The Balaban J connectivity index is 1.63. The number of hydrogen-bond acceptors (Lipinski definition) is 8. The number of aromatic nitrogens is 2. The second kappa shape index (κ2) is 7.04. The lowest BCUT2D eigenvalue weighted by Crippen LogP contribution is -2.11. The van der Waals surface area contributed by atoms with Crippen LogP contribution < -0.4 is 15.8 Å². The number of anilines is 2. The average Bonchev–Trinajstić information content (AvgIpc) is 3.38. The Labute approximate surface area is 161 Å². The molecule has 0 saturated heterocycles. The number of rotatable bonds is 5. The van der Waals surface area contributed by atoms with Gasteiger partial charge >= 0.3 is 0 Å². The number of methoxy groups -OCH3 is 1. The molecule has 1 aliphatic rings. The minimum Gasteiger partial charge on any atom is -0.495 e. The van der Waals surface area contributed by atoms with E-state index in [1.165, 1.54) is 12.6 Å². The van der Waals surface area contributed by atoms with Gasteiger partial charge in [-0.05, 0) is 31.0 Å². The topological polar surface area (TPSA) is 134 Å². The van der Waals surface area contributed by atoms with E-state index in [0.29, 0.717) is 28.3 Å². The summed E-state index contributed by atoms with van der Waals surface area (Å²) < 4.78 is 10.6. The summed E-state index contributed by atoms with van der Waals surface area (Å²) in [6.45, 7) is 0. The van der Waals surface area contributed by atoms with Crippen molar-refractivity contribution in [1.82, 2.24) is 9.97 Å². The van der Waals surface area contributed by atoms with E-state index in [1.807, 2.05) is 12.1 Å². The van der Waals surface area contributed by atoms with E-state index in [-0.39, 0.29) is 11.8 Å². The maximum Gasteiger partial charge on any atom is 0.181 e. The first-order valence-corrected chi connectivity index (χ1v) is 8.72. The molecule has 1 aliphatic carbocycles. The molecule has 3 aromatic rings. The van der Waals surface area contributed by atoms with Crippen molar-refractivity contribution in [3.05, 3.63) is 65.1 Å². The van der Waals surface area contributed by atoms with Crippen molar-refractivity contribution in [2.45, 2.75) is 18.9 Å². The molecule has 4 rings (SSSR count). The van der Waals surface area contributed by atoms with Crippen molar-refractivity contribution in [1.29, 1.82) is 10.7 Å². The second-order valence-electron chi connectivity index (χ2n) is 6.46. The molecule has 0 spiro atoms. The van der Waals surface area contributed by atoms with Crippen molar-refractivity contribution in [3.63, 3.8) is 0 Å². The maximum atomic E-state index is 9.24. The van der Waals surface area contributed by atoms with Gasteiger partial charge in [0.1, 0.15) is 23.1 Å². The minimum absolute atomic E-state index is 0.0208. The molecule has 0 aliphatic heterocycles. The predicted molar refractivity (Wildman–Crippen MR) is 103 cm³/mol. The zero-order valence-electron chi connectivity index (χ0n) is 15.2. The molecule has 1 unspecified atom stereocenters. The minimum atomic E-state index is -0.0208. The quantitative estimate of drug-likeness (QED) is 0.461. The van der Waals surface area contributed by atoms with Gasteiger partial charge in [0.25, 0.3) is 0 Å². The van der Waals surface area contributed by atoms with E-state index in [0.717, 1.165) is 29.8 Å². The first-order valence-electron chi connectivity index (χ1n) is 8.72. The first-order chi connectivity index (χ1) is 13.6. The largest absolute Gasteiger partial charge is 0.495 e. The standard InChI is InChI=1S/C20H18N6O2/c1-27-20-11(7-21)8-25-19-13(20)3-5-16(19)26-12-2-4-15(22)14(6-12)18(23)17-9-24-10-28-17/h2,4,6,8-10,16,23,26H,3,5,22H2,1H3. The van der Waals surface area contributed by atoms with Crippen LogP contribution in [0.3, 0.4) is 0 Å². The number of nitrogen functional groups attached to an aromatic ring is 1. The molecule has 28 heavy (non-hydrogen) atoms.